The van der Waals surface area contributed by atoms with Gasteiger partial charge in [-0.2, -0.15) is 5.26 Å². The fourth-order valence-corrected chi connectivity index (χ4v) is 5.08. The van der Waals surface area contributed by atoms with Crippen LogP contribution in [0, 0.1) is 11.3 Å². The number of benzene rings is 1. The normalized spacial score (nSPS) is 17.0. The molecule has 10 heteroatoms. The van der Waals surface area contributed by atoms with Crippen LogP contribution in [0.3, 0.4) is 0 Å². The molecule has 1 aliphatic rings. The lowest BCUT2D eigenvalue weighted by molar-refractivity contribution is 0.0921. The first kappa shape index (κ1) is 27.8. The van der Waals surface area contributed by atoms with Gasteiger partial charge in [-0.25, -0.2) is 15.0 Å². The first-order valence-electron chi connectivity index (χ1n) is 13.9. The van der Waals surface area contributed by atoms with Crippen molar-refractivity contribution >= 4 is 28.4 Å². The molecule has 1 aromatic carbocycles. The zero-order valence-corrected chi connectivity index (χ0v) is 23.4. The third kappa shape index (κ3) is 7.07. The molecule has 2 atom stereocenters. The first-order valence-corrected chi connectivity index (χ1v) is 13.9. The summed E-state index contributed by atoms with van der Waals surface area (Å²) in [6, 6.07) is 13.9. The van der Waals surface area contributed by atoms with Gasteiger partial charge in [-0.1, -0.05) is 30.4 Å². The number of hydrogen-bond donors (Lipinski definition) is 4. The second-order valence-electron chi connectivity index (χ2n) is 10.5. The van der Waals surface area contributed by atoms with Crippen molar-refractivity contribution in [2.45, 2.75) is 37.8 Å². The predicted octanol–water partition coefficient (Wildman–Crippen LogP) is 4.57. The Morgan fingerprint density at radius 1 is 1.12 bits per heavy atom. The summed E-state index contributed by atoms with van der Waals surface area (Å²) in [5.74, 6) is 0.298. The average Bonchev–Trinajstić information content (AvgIpc) is 3.41. The molecule has 0 aliphatic heterocycles. The number of H-pyrrole nitrogens is 1. The van der Waals surface area contributed by atoms with E-state index in [1.165, 1.54) is 0 Å². The molecule has 0 bridgehead atoms. The number of hydrogen-bond acceptors (Lipinski definition) is 8. The highest BCUT2D eigenvalue weighted by Crippen LogP contribution is 2.30. The van der Waals surface area contributed by atoms with Crippen LogP contribution in [0.5, 0.6) is 0 Å². The van der Waals surface area contributed by atoms with Crippen LogP contribution in [-0.4, -0.2) is 70.0 Å². The third-order valence-electron chi connectivity index (χ3n) is 7.15. The van der Waals surface area contributed by atoms with Gasteiger partial charge >= 0.3 is 0 Å². The van der Waals surface area contributed by atoms with Gasteiger partial charge in [0.05, 0.1) is 29.3 Å². The summed E-state index contributed by atoms with van der Waals surface area (Å²) in [6.07, 6.45) is 12.9. The Kier molecular flexibility index (Phi) is 8.86. The molecule has 4 aromatic rings. The van der Waals surface area contributed by atoms with Gasteiger partial charge in [0.25, 0.3) is 5.91 Å². The van der Waals surface area contributed by atoms with Crippen LogP contribution >= 0.6 is 0 Å². The number of carbonyl (C=O) groups is 1. The number of aromatic nitrogens is 4. The quantitative estimate of drug-likeness (QED) is 0.211. The van der Waals surface area contributed by atoms with Crippen molar-refractivity contribution in [1.29, 1.82) is 5.26 Å². The summed E-state index contributed by atoms with van der Waals surface area (Å²) < 4.78 is 0. The number of carbonyl (C=O) groups excluding carboxylic acids is 1. The number of fused-ring (bicyclic) bond motifs is 1. The zero-order chi connectivity index (χ0) is 28.6. The van der Waals surface area contributed by atoms with E-state index >= 15 is 0 Å². The maximum Gasteiger partial charge on any atom is 0.270 e. The largest absolute Gasteiger partial charge is 0.380 e. The molecule has 1 amide bonds. The van der Waals surface area contributed by atoms with Gasteiger partial charge in [0, 0.05) is 47.8 Å². The highest BCUT2D eigenvalue weighted by Gasteiger charge is 2.25. The Morgan fingerprint density at radius 2 is 1.98 bits per heavy atom. The van der Waals surface area contributed by atoms with Crippen LogP contribution in [0.4, 0.5) is 11.6 Å². The van der Waals surface area contributed by atoms with Crippen molar-refractivity contribution in [3.63, 3.8) is 0 Å². The molecule has 0 saturated heterocycles. The van der Waals surface area contributed by atoms with Crippen LogP contribution in [0.25, 0.3) is 22.2 Å². The molecule has 1 fully saturated rings. The smallest absolute Gasteiger partial charge is 0.270 e. The summed E-state index contributed by atoms with van der Waals surface area (Å²) in [6.45, 7) is 1.59. The third-order valence-corrected chi connectivity index (χ3v) is 7.15. The van der Waals surface area contributed by atoms with E-state index in [1.54, 1.807) is 18.5 Å². The monoisotopic (exact) mass is 549 g/mol. The van der Waals surface area contributed by atoms with Crippen LogP contribution < -0.4 is 16.0 Å². The number of rotatable bonds is 10. The number of nitrogens with one attached hydrogen (secondary N) is 4. The number of likely N-dealkylation sites (N-methyl/N-ethyl adjacent to an activating group) is 1. The van der Waals surface area contributed by atoms with Crippen LogP contribution in [0.2, 0.25) is 0 Å². The number of nitrogens with zero attached hydrogens (tertiary/aromatic N) is 5. The molecule has 1 aliphatic carbocycles. The summed E-state index contributed by atoms with van der Waals surface area (Å²) >= 11 is 0. The Hall–Kier alpha value is -4.75. The number of amides is 1. The van der Waals surface area contributed by atoms with Gasteiger partial charge in [-0.3, -0.25) is 4.79 Å². The van der Waals surface area contributed by atoms with Gasteiger partial charge in [-0.15, -0.1) is 0 Å². The lowest BCUT2D eigenvalue weighted by Gasteiger charge is -2.30. The lowest BCUT2D eigenvalue weighted by Crippen LogP contribution is -2.42. The first-order chi connectivity index (χ1) is 20.0. The highest BCUT2D eigenvalue weighted by atomic mass is 16.1. The highest BCUT2D eigenvalue weighted by molar-refractivity contribution is 5.95. The molecule has 41 heavy (non-hydrogen) atoms. The van der Waals surface area contributed by atoms with Crippen LogP contribution in [-0.2, 0) is 0 Å². The molecule has 10 nitrogen and oxygen atoms in total. The summed E-state index contributed by atoms with van der Waals surface area (Å²) in [5, 5.41) is 20.6. The molecule has 0 spiro atoms. The molecule has 3 heterocycles. The van der Waals surface area contributed by atoms with E-state index in [1.807, 2.05) is 50.6 Å². The van der Waals surface area contributed by atoms with Crippen LogP contribution in [0.1, 0.15) is 41.7 Å². The van der Waals surface area contributed by atoms with Crippen molar-refractivity contribution in [3.8, 4) is 17.3 Å². The topological polar surface area (TPSA) is 135 Å². The Bertz CT molecular complexity index is 1550. The summed E-state index contributed by atoms with van der Waals surface area (Å²) in [4.78, 5) is 31.8. The minimum atomic E-state index is -0.177. The molecule has 3 aromatic heterocycles. The maximum atomic E-state index is 12.9. The molecular weight excluding hydrogens is 514 g/mol. The second kappa shape index (κ2) is 13.1. The standard InChI is InChI=1S/C31H35N9O/c1-40(2)15-6-5-14-33-24-12-13-28(34-19-24)30(41)37-22-8-7-9-23(16-22)38-31-36-18-21(17-32)29(39-31)26-20-35-27-11-4-3-10-25(26)27/h3-6,10-13,18-20,22-23,33,35H,7-9,14-16H2,1-2H3,(H,37,41)(H,36,38,39). The Balaban J connectivity index is 1.18. The van der Waals surface area contributed by atoms with Gasteiger partial charge in [0.15, 0.2) is 0 Å². The predicted molar refractivity (Wildman–Crippen MR) is 162 cm³/mol. The van der Waals surface area contributed by atoms with Gasteiger partial charge < -0.3 is 25.8 Å². The van der Waals surface area contributed by atoms with Crippen molar-refractivity contribution in [2.24, 2.45) is 0 Å². The van der Waals surface area contributed by atoms with E-state index in [2.05, 4.69) is 54.0 Å². The molecule has 2 unspecified atom stereocenters. The molecule has 5 rings (SSSR count). The minimum Gasteiger partial charge on any atom is -0.380 e. The molecule has 210 valence electrons. The van der Waals surface area contributed by atoms with Gasteiger partial charge in [0.2, 0.25) is 5.95 Å². The lowest BCUT2D eigenvalue weighted by atomic mass is 9.91. The fourth-order valence-electron chi connectivity index (χ4n) is 5.08. The van der Waals surface area contributed by atoms with E-state index in [9.17, 15) is 10.1 Å². The van der Waals surface area contributed by atoms with Crippen LogP contribution in [0.15, 0.2) is 67.1 Å². The van der Waals surface area contributed by atoms with Gasteiger partial charge in [0.1, 0.15) is 11.8 Å². The molecule has 0 radical (unpaired) electrons. The van der Waals surface area contributed by atoms with Crippen molar-refractivity contribution in [1.82, 2.24) is 30.2 Å². The summed E-state index contributed by atoms with van der Waals surface area (Å²) in [5.41, 5.74) is 4.13. The van der Waals surface area contributed by atoms with E-state index in [0.29, 0.717) is 29.4 Å². The maximum absolute atomic E-state index is 12.9. The number of aromatic amines is 1. The van der Waals surface area contributed by atoms with E-state index in [-0.39, 0.29) is 18.0 Å². The fraction of sp³-hybridized carbons (Fsp3) is 0.323. The molecular formula is C31H35N9O. The van der Waals surface area contributed by atoms with Gasteiger partial charge in [-0.05, 0) is 58.0 Å². The zero-order valence-electron chi connectivity index (χ0n) is 23.4. The average molecular weight is 550 g/mol. The van der Waals surface area contributed by atoms with Crippen molar-refractivity contribution < 1.29 is 4.79 Å². The summed E-state index contributed by atoms with van der Waals surface area (Å²) in [7, 11) is 4.06. The van der Waals surface area contributed by atoms with E-state index in [0.717, 1.165) is 54.4 Å². The SMILES string of the molecule is CN(C)CC=CCNc1ccc(C(=O)NC2CCCC(Nc3ncc(C#N)c(-c4c[nH]c5ccccc45)n3)C2)nc1. The number of nitriles is 1. The number of pyridine rings is 1. The van der Waals surface area contributed by atoms with E-state index in [4.69, 9.17) is 4.98 Å². The minimum absolute atomic E-state index is 0.0154. The molecule has 1 saturated carbocycles. The van der Waals surface area contributed by atoms with Crippen molar-refractivity contribution in [2.75, 3.05) is 37.8 Å². The number of anilines is 2. The Labute approximate surface area is 239 Å². The second-order valence-corrected chi connectivity index (χ2v) is 10.5. The Morgan fingerprint density at radius 3 is 2.78 bits per heavy atom. The van der Waals surface area contributed by atoms with E-state index < -0.39 is 0 Å². The number of para-hydroxylation sites is 1. The molecule has 4 N–H and O–H groups in total. The van der Waals surface area contributed by atoms with Crippen molar-refractivity contribution in [3.05, 3.63) is 78.4 Å².